The van der Waals surface area contributed by atoms with E-state index in [1.165, 1.54) is 6.42 Å². The summed E-state index contributed by atoms with van der Waals surface area (Å²) in [5, 5.41) is 5.03. The van der Waals surface area contributed by atoms with Crippen LogP contribution in [0, 0.1) is 11.8 Å². The summed E-state index contributed by atoms with van der Waals surface area (Å²) in [6, 6.07) is -0.275. The van der Waals surface area contributed by atoms with E-state index >= 15 is 0 Å². The molecule has 0 radical (unpaired) electrons. The van der Waals surface area contributed by atoms with Crippen molar-refractivity contribution < 1.29 is 9.59 Å². The number of urea groups is 1. The zero-order chi connectivity index (χ0) is 12.1. The molecule has 2 N–H and O–H groups in total. The van der Waals surface area contributed by atoms with Crippen molar-refractivity contribution in [2.24, 2.45) is 11.8 Å². The molecule has 0 aromatic heterocycles. The first-order valence-electron chi connectivity index (χ1n) is 5.71. The van der Waals surface area contributed by atoms with Crippen molar-refractivity contribution in [3.05, 3.63) is 0 Å². The molecule has 16 heavy (non-hydrogen) atoms. The van der Waals surface area contributed by atoms with Crippen molar-refractivity contribution in [2.45, 2.75) is 39.2 Å². The Kier molecular flexibility index (Phi) is 5.06. The van der Waals surface area contributed by atoms with Crippen molar-refractivity contribution >= 4 is 23.5 Å². The topological polar surface area (TPSA) is 58.2 Å². The summed E-state index contributed by atoms with van der Waals surface area (Å²) in [6.45, 7) is 4.33. The summed E-state index contributed by atoms with van der Waals surface area (Å²) in [4.78, 5) is 22.3. The SMILES string of the molecule is C[C@@H]1[C@H](C)CCC[C@H]1NC(=O)NC(=O)CCl. The number of rotatable bonds is 2. The van der Waals surface area contributed by atoms with Crippen molar-refractivity contribution in [1.82, 2.24) is 10.6 Å². The molecule has 0 saturated heterocycles. The highest BCUT2D eigenvalue weighted by Gasteiger charge is 2.28. The Hall–Kier alpha value is -0.770. The lowest BCUT2D eigenvalue weighted by Gasteiger charge is -2.34. The molecule has 0 aromatic rings. The number of hydrogen-bond acceptors (Lipinski definition) is 2. The van der Waals surface area contributed by atoms with Crippen LogP contribution in [0.1, 0.15) is 33.1 Å². The highest BCUT2D eigenvalue weighted by molar-refractivity contribution is 6.28. The molecular weight excluding hydrogens is 228 g/mol. The van der Waals surface area contributed by atoms with Crippen molar-refractivity contribution in [1.29, 1.82) is 0 Å². The molecule has 0 aliphatic heterocycles. The Morgan fingerprint density at radius 2 is 2.00 bits per heavy atom. The van der Waals surface area contributed by atoms with Gasteiger partial charge in [-0.25, -0.2) is 4.79 Å². The molecule has 3 amide bonds. The maximum atomic E-state index is 11.4. The van der Waals surface area contributed by atoms with Crippen LogP contribution >= 0.6 is 11.6 Å². The van der Waals surface area contributed by atoms with E-state index in [-0.39, 0.29) is 11.9 Å². The van der Waals surface area contributed by atoms with Crippen molar-refractivity contribution in [2.75, 3.05) is 5.88 Å². The lowest BCUT2D eigenvalue weighted by Crippen LogP contribution is -2.49. The van der Waals surface area contributed by atoms with Gasteiger partial charge < -0.3 is 5.32 Å². The van der Waals surface area contributed by atoms with Gasteiger partial charge in [-0.15, -0.1) is 11.6 Å². The van der Waals surface area contributed by atoms with Crippen LogP contribution < -0.4 is 10.6 Å². The first-order chi connectivity index (χ1) is 7.54. The minimum atomic E-state index is -0.462. The number of amides is 3. The predicted octanol–water partition coefficient (Wildman–Crippen LogP) is 1.88. The van der Waals surface area contributed by atoms with Crippen LogP contribution in [-0.2, 0) is 4.79 Å². The predicted molar refractivity (Wildman–Crippen MR) is 63.4 cm³/mol. The Labute approximate surface area is 101 Å². The van der Waals surface area contributed by atoms with E-state index in [4.69, 9.17) is 11.6 Å². The van der Waals surface area contributed by atoms with Gasteiger partial charge in [-0.3, -0.25) is 10.1 Å². The van der Waals surface area contributed by atoms with Gasteiger partial charge in [-0.1, -0.05) is 26.7 Å². The van der Waals surface area contributed by atoms with E-state index in [0.29, 0.717) is 11.8 Å². The fourth-order valence-corrected chi connectivity index (χ4v) is 2.22. The number of carbonyl (C=O) groups is 2. The van der Waals surface area contributed by atoms with E-state index < -0.39 is 11.9 Å². The van der Waals surface area contributed by atoms with E-state index in [1.807, 2.05) is 0 Å². The lowest BCUT2D eigenvalue weighted by molar-refractivity contribution is -0.117. The Balaban J connectivity index is 2.40. The molecule has 1 aliphatic rings. The molecule has 1 rings (SSSR count). The minimum absolute atomic E-state index is 0.159. The second-order valence-corrected chi connectivity index (χ2v) is 4.80. The van der Waals surface area contributed by atoms with Crippen LogP contribution in [0.25, 0.3) is 0 Å². The first-order valence-corrected chi connectivity index (χ1v) is 6.24. The smallest absolute Gasteiger partial charge is 0.321 e. The van der Waals surface area contributed by atoms with Gasteiger partial charge in [-0.05, 0) is 18.3 Å². The third-order valence-corrected chi connectivity index (χ3v) is 3.64. The van der Waals surface area contributed by atoms with Crippen LogP contribution in [0.3, 0.4) is 0 Å². The Morgan fingerprint density at radius 3 is 2.62 bits per heavy atom. The van der Waals surface area contributed by atoms with Crippen LogP contribution in [0.15, 0.2) is 0 Å². The highest BCUT2D eigenvalue weighted by atomic mass is 35.5. The molecule has 0 unspecified atom stereocenters. The zero-order valence-electron chi connectivity index (χ0n) is 9.75. The van der Waals surface area contributed by atoms with E-state index in [0.717, 1.165) is 12.8 Å². The monoisotopic (exact) mass is 246 g/mol. The molecule has 1 saturated carbocycles. The maximum Gasteiger partial charge on any atom is 0.321 e. The van der Waals surface area contributed by atoms with Gasteiger partial charge in [0, 0.05) is 6.04 Å². The van der Waals surface area contributed by atoms with Crippen molar-refractivity contribution in [3.63, 3.8) is 0 Å². The molecule has 0 spiro atoms. The second-order valence-electron chi connectivity index (χ2n) is 4.53. The van der Waals surface area contributed by atoms with E-state index in [2.05, 4.69) is 24.5 Å². The summed E-state index contributed by atoms with van der Waals surface area (Å²) in [6.07, 6.45) is 3.31. The summed E-state index contributed by atoms with van der Waals surface area (Å²) in [5.41, 5.74) is 0. The van der Waals surface area contributed by atoms with Gasteiger partial charge in [0.25, 0.3) is 0 Å². The van der Waals surface area contributed by atoms with Gasteiger partial charge in [-0.2, -0.15) is 0 Å². The largest absolute Gasteiger partial charge is 0.335 e. The number of nitrogens with one attached hydrogen (secondary N) is 2. The normalized spacial score (nSPS) is 29.6. The van der Waals surface area contributed by atoms with Crippen LogP contribution in [0.4, 0.5) is 4.79 Å². The van der Waals surface area contributed by atoms with Gasteiger partial charge in [0.15, 0.2) is 0 Å². The quantitative estimate of drug-likeness (QED) is 0.731. The second kappa shape index (κ2) is 6.09. The Morgan fingerprint density at radius 1 is 1.31 bits per heavy atom. The van der Waals surface area contributed by atoms with Crippen LogP contribution in [-0.4, -0.2) is 23.9 Å². The van der Waals surface area contributed by atoms with Crippen molar-refractivity contribution in [3.8, 4) is 0 Å². The summed E-state index contributed by atoms with van der Waals surface area (Å²) >= 11 is 5.30. The third-order valence-electron chi connectivity index (χ3n) is 3.40. The molecule has 5 heteroatoms. The summed E-state index contributed by atoms with van der Waals surface area (Å²) in [5.74, 6) is 0.411. The third kappa shape index (κ3) is 3.67. The average Bonchev–Trinajstić information content (AvgIpc) is 2.24. The molecule has 0 aromatic carbocycles. The zero-order valence-corrected chi connectivity index (χ0v) is 10.5. The van der Waals surface area contributed by atoms with E-state index in [9.17, 15) is 9.59 Å². The molecule has 3 atom stereocenters. The lowest BCUT2D eigenvalue weighted by atomic mass is 9.78. The molecule has 92 valence electrons. The molecular formula is C11H19ClN2O2. The number of hydrogen-bond donors (Lipinski definition) is 2. The number of carbonyl (C=O) groups excluding carboxylic acids is 2. The number of imide groups is 1. The number of alkyl halides is 1. The summed E-state index contributed by atoms with van der Waals surface area (Å²) in [7, 11) is 0. The van der Waals surface area contributed by atoms with Crippen LogP contribution in [0.5, 0.6) is 0 Å². The molecule has 1 fully saturated rings. The standard InChI is InChI=1S/C11H19ClN2O2/c1-7-4-3-5-9(8(7)2)13-11(16)14-10(15)6-12/h7-9H,3-6H2,1-2H3,(H2,13,14,15,16)/t7-,8-,9-/m1/s1. The van der Waals surface area contributed by atoms with E-state index in [1.54, 1.807) is 0 Å². The maximum absolute atomic E-state index is 11.4. The van der Waals surface area contributed by atoms with Gasteiger partial charge in [0.2, 0.25) is 5.91 Å². The molecule has 0 bridgehead atoms. The summed E-state index contributed by atoms with van der Waals surface area (Å²) < 4.78 is 0. The first kappa shape index (κ1) is 13.3. The average molecular weight is 247 g/mol. The fraction of sp³-hybridized carbons (Fsp3) is 0.818. The van der Waals surface area contributed by atoms with Gasteiger partial charge >= 0.3 is 6.03 Å². The fourth-order valence-electron chi connectivity index (χ4n) is 2.15. The molecule has 0 heterocycles. The number of halogens is 1. The minimum Gasteiger partial charge on any atom is -0.335 e. The van der Waals surface area contributed by atoms with Gasteiger partial charge in [0.05, 0.1) is 0 Å². The highest BCUT2D eigenvalue weighted by Crippen LogP contribution is 2.29. The van der Waals surface area contributed by atoms with Crippen LogP contribution in [0.2, 0.25) is 0 Å². The van der Waals surface area contributed by atoms with Gasteiger partial charge in [0.1, 0.15) is 5.88 Å². The molecule has 4 nitrogen and oxygen atoms in total. The Bertz CT molecular complexity index is 271. The molecule has 1 aliphatic carbocycles.